The number of halogens is 1. The second-order valence-electron chi connectivity index (χ2n) is 5.11. The average molecular weight is 291 g/mol. The Kier molecular flexibility index (Phi) is 4.43. The molecule has 0 saturated heterocycles. The van der Waals surface area contributed by atoms with Crippen LogP contribution in [0.4, 0.5) is 4.39 Å². The number of hydrogen-bond acceptors (Lipinski definition) is 3. The first kappa shape index (κ1) is 15.3. The highest BCUT2D eigenvalue weighted by atomic mass is 19.1. The highest BCUT2D eigenvalue weighted by Gasteiger charge is 2.18. The summed E-state index contributed by atoms with van der Waals surface area (Å²) >= 11 is 0. The number of rotatable bonds is 5. The molecule has 2 aromatic rings. The Morgan fingerprint density at radius 2 is 2.10 bits per heavy atom. The first-order chi connectivity index (χ1) is 9.90. The lowest BCUT2D eigenvalue weighted by Gasteiger charge is -2.19. The fraction of sp³-hybridized carbons (Fsp3) is 0.312. The molecule has 4 nitrogen and oxygen atoms in total. The summed E-state index contributed by atoms with van der Waals surface area (Å²) in [5, 5.41) is 8.97. The van der Waals surface area contributed by atoms with Crippen molar-refractivity contribution in [1.29, 1.82) is 0 Å². The van der Waals surface area contributed by atoms with Gasteiger partial charge in [0.15, 0.2) is 0 Å². The third kappa shape index (κ3) is 3.31. The van der Waals surface area contributed by atoms with Crippen LogP contribution in [0.1, 0.15) is 18.2 Å². The second kappa shape index (κ2) is 6.10. The molecule has 0 amide bonds. The zero-order valence-corrected chi connectivity index (χ0v) is 12.3. The van der Waals surface area contributed by atoms with Gasteiger partial charge in [-0.15, -0.1) is 0 Å². The largest absolute Gasteiger partial charge is 0.480 e. The van der Waals surface area contributed by atoms with Crippen LogP contribution >= 0.6 is 0 Å². The van der Waals surface area contributed by atoms with E-state index in [0.29, 0.717) is 29.2 Å². The van der Waals surface area contributed by atoms with Gasteiger partial charge in [0.1, 0.15) is 23.4 Å². The topological polar surface area (TPSA) is 53.7 Å². The molecule has 5 heteroatoms. The maximum absolute atomic E-state index is 13.6. The SMILES string of the molecule is Cc1c(F)cccc1-c1ccc(CN(C)C(C)C(=O)O)o1. The molecule has 0 saturated carbocycles. The van der Waals surface area contributed by atoms with Crippen LogP contribution in [0.25, 0.3) is 11.3 Å². The van der Waals surface area contributed by atoms with Gasteiger partial charge >= 0.3 is 5.97 Å². The van der Waals surface area contributed by atoms with E-state index in [-0.39, 0.29) is 5.82 Å². The number of benzene rings is 1. The van der Waals surface area contributed by atoms with E-state index in [1.54, 1.807) is 50.1 Å². The third-order valence-corrected chi connectivity index (χ3v) is 3.62. The van der Waals surface area contributed by atoms with Crippen molar-refractivity contribution in [2.24, 2.45) is 0 Å². The molecule has 0 aliphatic heterocycles. The van der Waals surface area contributed by atoms with Crippen molar-refractivity contribution in [2.75, 3.05) is 7.05 Å². The zero-order valence-electron chi connectivity index (χ0n) is 12.3. The quantitative estimate of drug-likeness (QED) is 0.918. The Hall–Kier alpha value is -2.14. The number of carbonyl (C=O) groups is 1. The summed E-state index contributed by atoms with van der Waals surface area (Å²) in [6.45, 7) is 3.69. The molecule has 0 aliphatic rings. The van der Waals surface area contributed by atoms with Crippen LogP contribution in [0.5, 0.6) is 0 Å². The van der Waals surface area contributed by atoms with E-state index in [1.165, 1.54) is 6.07 Å². The van der Waals surface area contributed by atoms with Crippen LogP contribution in [0, 0.1) is 12.7 Å². The smallest absolute Gasteiger partial charge is 0.320 e. The normalized spacial score (nSPS) is 12.6. The lowest BCUT2D eigenvalue weighted by Crippen LogP contribution is -2.35. The molecule has 0 fully saturated rings. The molecule has 1 unspecified atom stereocenters. The molecular weight excluding hydrogens is 273 g/mol. The van der Waals surface area contributed by atoms with Gasteiger partial charge in [0.2, 0.25) is 0 Å². The van der Waals surface area contributed by atoms with E-state index in [0.717, 1.165) is 0 Å². The highest BCUT2D eigenvalue weighted by Crippen LogP contribution is 2.27. The fourth-order valence-electron chi connectivity index (χ4n) is 2.05. The van der Waals surface area contributed by atoms with Gasteiger partial charge in [0.05, 0.1) is 6.54 Å². The van der Waals surface area contributed by atoms with Crippen LogP contribution in [0.15, 0.2) is 34.7 Å². The monoisotopic (exact) mass is 291 g/mol. The fourth-order valence-corrected chi connectivity index (χ4v) is 2.05. The Morgan fingerprint density at radius 3 is 2.76 bits per heavy atom. The van der Waals surface area contributed by atoms with E-state index in [9.17, 15) is 9.18 Å². The number of likely N-dealkylation sites (N-methyl/N-ethyl adjacent to an activating group) is 1. The van der Waals surface area contributed by atoms with E-state index in [4.69, 9.17) is 9.52 Å². The van der Waals surface area contributed by atoms with Crippen molar-refractivity contribution >= 4 is 5.97 Å². The summed E-state index contributed by atoms with van der Waals surface area (Å²) in [7, 11) is 1.72. The number of carboxylic acid groups (broad SMARTS) is 1. The molecule has 112 valence electrons. The lowest BCUT2D eigenvalue weighted by atomic mass is 10.1. The summed E-state index contributed by atoms with van der Waals surface area (Å²) in [5.74, 6) is 0.0648. The number of aliphatic carboxylic acids is 1. The third-order valence-electron chi connectivity index (χ3n) is 3.62. The molecule has 0 aliphatic carbocycles. The van der Waals surface area contributed by atoms with E-state index >= 15 is 0 Å². The molecule has 1 aromatic heterocycles. The standard InChI is InChI=1S/C16H18FNO3/c1-10-13(5-4-6-14(10)17)15-8-7-12(21-15)9-18(3)11(2)16(19)20/h4-8,11H,9H2,1-3H3,(H,19,20). The summed E-state index contributed by atoms with van der Waals surface area (Å²) in [4.78, 5) is 12.6. The molecular formula is C16H18FNO3. The van der Waals surface area contributed by atoms with Crippen molar-refractivity contribution in [3.05, 3.63) is 47.5 Å². The minimum atomic E-state index is -0.884. The van der Waals surface area contributed by atoms with Crippen molar-refractivity contribution in [2.45, 2.75) is 26.4 Å². The van der Waals surface area contributed by atoms with Crippen molar-refractivity contribution in [1.82, 2.24) is 4.90 Å². The van der Waals surface area contributed by atoms with Crippen molar-refractivity contribution in [3.63, 3.8) is 0 Å². The van der Waals surface area contributed by atoms with Gasteiger partial charge in [0.25, 0.3) is 0 Å². The summed E-state index contributed by atoms with van der Waals surface area (Å²) < 4.78 is 19.3. The summed E-state index contributed by atoms with van der Waals surface area (Å²) in [6.07, 6.45) is 0. The maximum Gasteiger partial charge on any atom is 0.320 e. The first-order valence-corrected chi connectivity index (χ1v) is 6.67. The van der Waals surface area contributed by atoms with Gasteiger partial charge in [-0.2, -0.15) is 0 Å². The molecule has 1 atom stereocenters. The van der Waals surface area contributed by atoms with Crippen molar-refractivity contribution < 1.29 is 18.7 Å². The Labute approximate surface area is 122 Å². The molecule has 1 N–H and O–H groups in total. The van der Waals surface area contributed by atoms with Crippen LogP contribution in [0.3, 0.4) is 0 Å². The summed E-state index contributed by atoms with van der Waals surface area (Å²) in [6, 6.07) is 7.80. The van der Waals surface area contributed by atoms with Gasteiger partial charge in [-0.1, -0.05) is 12.1 Å². The van der Waals surface area contributed by atoms with Crippen LogP contribution in [-0.2, 0) is 11.3 Å². The maximum atomic E-state index is 13.6. The van der Waals surface area contributed by atoms with Gasteiger partial charge < -0.3 is 9.52 Å². The highest BCUT2D eigenvalue weighted by molar-refractivity contribution is 5.72. The van der Waals surface area contributed by atoms with E-state index in [2.05, 4.69) is 0 Å². The van der Waals surface area contributed by atoms with Gasteiger partial charge in [-0.3, -0.25) is 9.69 Å². The first-order valence-electron chi connectivity index (χ1n) is 6.67. The molecule has 21 heavy (non-hydrogen) atoms. The molecule has 0 radical (unpaired) electrons. The number of nitrogens with zero attached hydrogens (tertiary/aromatic N) is 1. The molecule has 0 spiro atoms. The Balaban J connectivity index is 2.19. The molecule has 2 rings (SSSR count). The lowest BCUT2D eigenvalue weighted by molar-refractivity contribution is -0.142. The minimum Gasteiger partial charge on any atom is -0.480 e. The van der Waals surface area contributed by atoms with Gasteiger partial charge in [0, 0.05) is 5.56 Å². The van der Waals surface area contributed by atoms with Crippen LogP contribution in [0.2, 0.25) is 0 Å². The predicted octanol–water partition coefficient (Wildman–Crippen LogP) is 3.30. The summed E-state index contributed by atoms with van der Waals surface area (Å²) in [5.41, 5.74) is 1.24. The van der Waals surface area contributed by atoms with Crippen LogP contribution in [-0.4, -0.2) is 29.1 Å². The minimum absolute atomic E-state index is 0.276. The van der Waals surface area contributed by atoms with Gasteiger partial charge in [-0.05, 0) is 44.7 Å². The molecule has 1 heterocycles. The Bertz CT molecular complexity index is 651. The van der Waals surface area contributed by atoms with Crippen LogP contribution < -0.4 is 0 Å². The number of carboxylic acids is 1. The number of furan rings is 1. The predicted molar refractivity (Wildman–Crippen MR) is 77.4 cm³/mol. The molecule has 0 bridgehead atoms. The van der Waals surface area contributed by atoms with E-state index in [1.807, 2.05) is 0 Å². The van der Waals surface area contributed by atoms with E-state index < -0.39 is 12.0 Å². The second-order valence-corrected chi connectivity index (χ2v) is 5.11. The number of hydrogen-bond donors (Lipinski definition) is 1. The van der Waals surface area contributed by atoms with Crippen molar-refractivity contribution in [3.8, 4) is 11.3 Å². The molecule has 1 aromatic carbocycles. The zero-order chi connectivity index (χ0) is 15.6. The average Bonchev–Trinajstić information content (AvgIpc) is 2.89. The van der Waals surface area contributed by atoms with Gasteiger partial charge in [-0.25, -0.2) is 4.39 Å². The Morgan fingerprint density at radius 1 is 1.38 bits per heavy atom.